The number of para-hydroxylation sites is 3. The van der Waals surface area contributed by atoms with E-state index in [9.17, 15) is 30.1 Å². The Morgan fingerprint density at radius 3 is 0.719 bits per heavy atom. The Morgan fingerprint density at radius 2 is 0.562 bits per heavy atom. The van der Waals surface area contributed by atoms with E-state index in [1.807, 2.05) is 0 Å². The first kappa shape index (κ1) is 32.3. The maximum Gasteiger partial charge on any atom is 3.00 e. The van der Waals surface area contributed by atoms with E-state index >= 15 is 0 Å². The van der Waals surface area contributed by atoms with E-state index in [0.29, 0.717) is 17.2 Å². The molecule has 156 valence electrons. The Hall–Kier alpha value is -1.92. The molecule has 0 aliphatic rings. The van der Waals surface area contributed by atoms with Gasteiger partial charge in [0.25, 0.3) is 0 Å². The van der Waals surface area contributed by atoms with Crippen LogP contribution in [0.3, 0.4) is 0 Å². The molecule has 0 spiro atoms. The monoisotopic (exact) mass is 462 g/mol. The van der Waals surface area contributed by atoms with Gasteiger partial charge in [0.05, 0.1) is 17.2 Å². The molecule has 32 heavy (non-hydrogen) atoms. The number of rotatable bonds is 6. The maximum atomic E-state index is 9.92. The molecule has 0 fully saturated rings. The molecule has 14 heteroatoms. The molecule has 0 radical (unpaired) electrons. The summed E-state index contributed by atoms with van der Waals surface area (Å²) < 4.78 is 12.9. The van der Waals surface area contributed by atoms with Gasteiger partial charge in [0.15, 0.2) is 0 Å². The third kappa shape index (κ3) is 17.7. The standard InChI is InChI=1S/3C6H5BO3.2Al/c3*8-7(9)10-6-4-2-1-3-5-6;;/h3*1-5H;;/q3*-2;2*+3. The van der Waals surface area contributed by atoms with Crippen LogP contribution in [0.15, 0.2) is 91.0 Å². The minimum Gasteiger partial charge on any atom is -0.860 e. The summed E-state index contributed by atoms with van der Waals surface area (Å²) in [7, 11) is -6.70. The first-order chi connectivity index (χ1) is 14.4. The van der Waals surface area contributed by atoms with Crippen LogP contribution < -0.4 is 44.1 Å². The van der Waals surface area contributed by atoms with E-state index in [4.69, 9.17) is 0 Å². The third-order valence-corrected chi connectivity index (χ3v) is 2.93. The summed E-state index contributed by atoms with van der Waals surface area (Å²) >= 11 is 0. The molecule has 0 aliphatic heterocycles. The van der Waals surface area contributed by atoms with Gasteiger partial charge in [0.2, 0.25) is 0 Å². The Morgan fingerprint density at radius 1 is 0.375 bits per heavy atom. The van der Waals surface area contributed by atoms with Gasteiger partial charge in [0, 0.05) is 0 Å². The van der Waals surface area contributed by atoms with E-state index < -0.39 is 22.0 Å². The number of benzene rings is 3. The van der Waals surface area contributed by atoms with Crippen LogP contribution in [0, 0.1) is 0 Å². The normalized spacial score (nSPS) is 8.44. The van der Waals surface area contributed by atoms with Crippen LogP contribution in [0.2, 0.25) is 0 Å². The van der Waals surface area contributed by atoms with Crippen molar-refractivity contribution in [1.29, 1.82) is 0 Å². The summed E-state index contributed by atoms with van der Waals surface area (Å²) in [4.78, 5) is 0. The fourth-order valence-electron chi connectivity index (χ4n) is 1.83. The second kappa shape index (κ2) is 19.7. The molecule has 0 amide bonds. The minimum atomic E-state index is -2.23. The summed E-state index contributed by atoms with van der Waals surface area (Å²) in [6.07, 6.45) is 0. The average Bonchev–Trinajstić information content (AvgIpc) is 2.70. The maximum absolute atomic E-state index is 9.92. The van der Waals surface area contributed by atoms with E-state index in [1.54, 1.807) is 91.0 Å². The van der Waals surface area contributed by atoms with Crippen molar-refractivity contribution in [3.8, 4) is 17.2 Å². The van der Waals surface area contributed by atoms with Crippen molar-refractivity contribution >= 4 is 56.7 Å². The van der Waals surface area contributed by atoms with E-state index in [-0.39, 0.29) is 34.7 Å². The topological polar surface area (TPSA) is 166 Å². The molecule has 0 unspecified atom stereocenters. The van der Waals surface area contributed by atoms with Crippen molar-refractivity contribution in [2.45, 2.75) is 0 Å². The molecule has 0 bridgehead atoms. The molecule has 0 saturated carbocycles. The van der Waals surface area contributed by atoms with E-state index in [1.165, 1.54) is 0 Å². The van der Waals surface area contributed by atoms with Crippen LogP contribution in [-0.2, 0) is 0 Å². The Bertz CT molecular complexity index is 681. The summed E-state index contributed by atoms with van der Waals surface area (Å²) in [6.45, 7) is 0. The minimum absolute atomic E-state index is 0. The molecule has 3 aromatic rings. The molecule has 0 aromatic heterocycles. The summed E-state index contributed by atoms with van der Waals surface area (Å²) in [5, 5.41) is 59.5. The van der Waals surface area contributed by atoms with Gasteiger partial charge in [0.1, 0.15) is 22.0 Å². The van der Waals surface area contributed by atoms with E-state index in [0.717, 1.165) is 0 Å². The van der Waals surface area contributed by atoms with Crippen molar-refractivity contribution in [1.82, 2.24) is 0 Å². The molecular formula is C18H15Al2B3O9. The zero-order valence-corrected chi connectivity index (χ0v) is 19.0. The van der Waals surface area contributed by atoms with Gasteiger partial charge in [-0.15, -0.1) is 0 Å². The molecule has 0 saturated heterocycles. The van der Waals surface area contributed by atoms with Crippen LogP contribution in [0.1, 0.15) is 0 Å². The molecule has 9 nitrogen and oxygen atoms in total. The Kier molecular flexibility index (Phi) is 19.9. The SMILES string of the molecule is [Al+3].[Al+3].[O-]B([O-])Oc1ccccc1.[O-]B([O-])Oc1ccccc1.[O-]B([O-])Oc1ccccc1. The van der Waals surface area contributed by atoms with Gasteiger partial charge in [-0.25, -0.2) is 0 Å². The number of hydrogen-bond acceptors (Lipinski definition) is 9. The summed E-state index contributed by atoms with van der Waals surface area (Å²) in [6, 6.07) is 24.8. The van der Waals surface area contributed by atoms with Crippen molar-refractivity contribution in [3.63, 3.8) is 0 Å². The summed E-state index contributed by atoms with van der Waals surface area (Å²) in [5.74, 6) is 0.951. The van der Waals surface area contributed by atoms with Gasteiger partial charge in [-0.3, -0.25) is 0 Å². The van der Waals surface area contributed by atoms with Crippen molar-refractivity contribution in [2.75, 3.05) is 0 Å². The molecule has 3 aromatic carbocycles. The third-order valence-electron chi connectivity index (χ3n) is 2.93. The van der Waals surface area contributed by atoms with Crippen molar-refractivity contribution in [2.24, 2.45) is 0 Å². The van der Waals surface area contributed by atoms with Crippen LogP contribution in [0.25, 0.3) is 0 Å². The van der Waals surface area contributed by atoms with Crippen molar-refractivity contribution < 1.29 is 44.1 Å². The molecule has 0 N–H and O–H groups in total. The Balaban J connectivity index is 0. The summed E-state index contributed by atoms with van der Waals surface area (Å²) in [5.41, 5.74) is 0. The zero-order chi connectivity index (χ0) is 22.2. The van der Waals surface area contributed by atoms with Crippen molar-refractivity contribution in [3.05, 3.63) is 91.0 Å². The van der Waals surface area contributed by atoms with Gasteiger partial charge in [-0.2, -0.15) is 0 Å². The fourth-order valence-corrected chi connectivity index (χ4v) is 1.83. The molecular weight excluding hydrogens is 447 g/mol. The van der Waals surface area contributed by atoms with E-state index in [2.05, 4.69) is 14.0 Å². The second-order valence-corrected chi connectivity index (χ2v) is 5.16. The van der Waals surface area contributed by atoms with Gasteiger partial charge < -0.3 is 44.1 Å². The molecule has 0 heterocycles. The first-order valence-electron chi connectivity index (χ1n) is 8.47. The largest absolute Gasteiger partial charge is 3.00 e. The quantitative estimate of drug-likeness (QED) is 0.329. The van der Waals surface area contributed by atoms with Crippen LogP contribution >= 0.6 is 0 Å². The smallest absolute Gasteiger partial charge is 0.860 e. The number of hydrogen-bond donors (Lipinski definition) is 0. The second-order valence-electron chi connectivity index (χ2n) is 5.16. The van der Waals surface area contributed by atoms with Crippen LogP contribution in [0.5, 0.6) is 17.2 Å². The fraction of sp³-hybridized carbons (Fsp3) is 0. The molecule has 0 aliphatic carbocycles. The first-order valence-corrected chi connectivity index (χ1v) is 8.47. The Labute approximate surface area is 208 Å². The molecule has 3 rings (SSSR count). The van der Waals surface area contributed by atoms with Gasteiger partial charge in [-0.1, -0.05) is 54.6 Å². The predicted molar refractivity (Wildman–Crippen MR) is 110 cm³/mol. The zero-order valence-electron chi connectivity index (χ0n) is 16.7. The van der Waals surface area contributed by atoms with Gasteiger partial charge >= 0.3 is 34.7 Å². The average molecular weight is 462 g/mol. The predicted octanol–water partition coefficient (Wildman–Crippen LogP) is -4.45. The van der Waals surface area contributed by atoms with Gasteiger partial charge in [-0.05, 0) is 36.4 Å². The van der Waals surface area contributed by atoms with Crippen LogP contribution in [-0.4, -0.2) is 56.7 Å². The molecule has 0 atom stereocenters. The van der Waals surface area contributed by atoms with Crippen LogP contribution in [0.4, 0.5) is 0 Å².